The smallest absolute Gasteiger partial charge is 0.273 e. The van der Waals surface area contributed by atoms with Crippen molar-refractivity contribution in [1.29, 1.82) is 0 Å². The van der Waals surface area contributed by atoms with E-state index in [4.69, 9.17) is 39.5 Å². The van der Waals surface area contributed by atoms with Crippen molar-refractivity contribution in [2.75, 3.05) is 39.4 Å². The van der Waals surface area contributed by atoms with Crippen LogP contribution in [0.1, 0.15) is 5.56 Å². The standard InChI is InChI=1S/C16H15Cl3N2O3/c17-10-1-2-11(12(18)9-10)13-14(19)16(23)21(15(13)22)4-3-20-5-7-24-8-6-20/h1-2,9H,3-8H2. The minimum absolute atomic E-state index is 0.105. The van der Waals surface area contributed by atoms with Crippen molar-refractivity contribution in [3.05, 3.63) is 38.8 Å². The van der Waals surface area contributed by atoms with Gasteiger partial charge in [-0.1, -0.05) is 40.9 Å². The number of benzene rings is 1. The predicted molar refractivity (Wildman–Crippen MR) is 93.2 cm³/mol. The summed E-state index contributed by atoms with van der Waals surface area (Å²) in [7, 11) is 0. The van der Waals surface area contributed by atoms with Crippen LogP contribution in [0.15, 0.2) is 23.2 Å². The third kappa shape index (κ3) is 3.46. The number of morpholine rings is 1. The van der Waals surface area contributed by atoms with Gasteiger partial charge in [0.1, 0.15) is 5.03 Å². The van der Waals surface area contributed by atoms with Crippen molar-refractivity contribution >= 4 is 52.2 Å². The largest absolute Gasteiger partial charge is 0.379 e. The first-order chi connectivity index (χ1) is 11.5. The molecule has 2 amide bonds. The highest BCUT2D eigenvalue weighted by atomic mass is 35.5. The molecule has 2 heterocycles. The van der Waals surface area contributed by atoms with Crippen LogP contribution in [0.4, 0.5) is 0 Å². The van der Waals surface area contributed by atoms with E-state index in [2.05, 4.69) is 4.90 Å². The molecular formula is C16H15Cl3N2O3. The fourth-order valence-corrected chi connectivity index (χ4v) is 3.53. The number of amides is 2. The molecule has 1 saturated heterocycles. The average molecular weight is 390 g/mol. The summed E-state index contributed by atoms with van der Waals surface area (Å²) in [5.74, 6) is -0.918. The topological polar surface area (TPSA) is 49.9 Å². The Morgan fingerprint density at radius 3 is 2.38 bits per heavy atom. The minimum atomic E-state index is -0.490. The molecule has 24 heavy (non-hydrogen) atoms. The maximum absolute atomic E-state index is 12.7. The second-order valence-electron chi connectivity index (χ2n) is 5.53. The van der Waals surface area contributed by atoms with Crippen molar-refractivity contribution in [1.82, 2.24) is 9.80 Å². The zero-order valence-corrected chi connectivity index (χ0v) is 15.0. The Kier molecular flexibility index (Phi) is 5.47. The van der Waals surface area contributed by atoms with Gasteiger partial charge in [-0.15, -0.1) is 0 Å². The predicted octanol–water partition coefficient (Wildman–Crippen LogP) is 2.64. The molecule has 0 unspecified atom stereocenters. The highest BCUT2D eigenvalue weighted by Crippen LogP contribution is 2.36. The van der Waals surface area contributed by atoms with Crippen LogP contribution < -0.4 is 0 Å². The number of rotatable bonds is 4. The first kappa shape index (κ1) is 17.7. The molecule has 0 atom stereocenters. The van der Waals surface area contributed by atoms with Gasteiger partial charge in [0.25, 0.3) is 11.8 Å². The Morgan fingerprint density at radius 2 is 1.71 bits per heavy atom. The van der Waals surface area contributed by atoms with E-state index >= 15 is 0 Å². The van der Waals surface area contributed by atoms with Gasteiger partial charge in [0.15, 0.2) is 0 Å². The quantitative estimate of drug-likeness (QED) is 0.743. The average Bonchev–Trinajstić information content (AvgIpc) is 2.77. The lowest BCUT2D eigenvalue weighted by atomic mass is 10.1. The van der Waals surface area contributed by atoms with Gasteiger partial charge < -0.3 is 4.74 Å². The van der Waals surface area contributed by atoms with Crippen molar-refractivity contribution in [2.45, 2.75) is 0 Å². The van der Waals surface area contributed by atoms with Gasteiger partial charge in [0, 0.05) is 36.8 Å². The molecular weight excluding hydrogens is 375 g/mol. The Labute approximate surface area is 154 Å². The fourth-order valence-electron chi connectivity index (χ4n) is 2.74. The number of ether oxygens (including phenoxy) is 1. The van der Waals surface area contributed by atoms with Gasteiger partial charge >= 0.3 is 0 Å². The second kappa shape index (κ2) is 7.42. The van der Waals surface area contributed by atoms with Crippen molar-refractivity contribution in [2.24, 2.45) is 0 Å². The maximum Gasteiger partial charge on any atom is 0.273 e. The van der Waals surface area contributed by atoms with Gasteiger partial charge in [0.05, 0.1) is 23.8 Å². The molecule has 0 radical (unpaired) electrons. The van der Waals surface area contributed by atoms with Crippen LogP contribution in [0.2, 0.25) is 10.0 Å². The van der Waals surface area contributed by atoms with Crippen LogP contribution >= 0.6 is 34.8 Å². The molecule has 0 saturated carbocycles. The number of hydrogen-bond donors (Lipinski definition) is 0. The monoisotopic (exact) mass is 388 g/mol. The molecule has 1 aromatic rings. The van der Waals surface area contributed by atoms with E-state index < -0.39 is 11.8 Å². The van der Waals surface area contributed by atoms with E-state index in [9.17, 15) is 9.59 Å². The van der Waals surface area contributed by atoms with Crippen molar-refractivity contribution in [3.8, 4) is 0 Å². The number of carbonyl (C=O) groups is 2. The van der Waals surface area contributed by atoms with Crippen LogP contribution in [0.5, 0.6) is 0 Å². The molecule has 0 aromatic heterocycles. The second-order valence-corrected chi connectivity index (χ2v) is 6.75. The Morgan fingerprint density at radius 1 is 1.00 bits per heavy atom. The Hall–Kier alpha value is -1.11. The highest BCUT2D eigenvalue weighted by Gasteiger charge is 2.38. The third-order valence-corrected chi connectivity index (χ3v) is 4.95. The zero-order valence-electron chi connectivity index (χ0n) is 12.7. The lowest BCUT2D eigenvalue weighted by Gasteiger charge is -2.28. The van der Waals surface area contributed by atoms with E-state index in [1.54, 1.807) is 12.1 Å². The summed E-state index contributed by atoms with van der Waals surface area (Å²) in [6, 6.07) is 4.72. The molecule has 3 rings (SSSR count). The van der Waals surface area contributed by atoms with Crippen LogP contribution in [0, 0.1) is 0 Å². The number of hydrogen-bond acceptors (Lipinski definition) is 4. The summed E-state index contributed by atoms with van der Waals surface area (Å²) in [6.07, 6.45) is 0. The van der Waals surface area contributed by atoms with Gasteiger partial charge in [0.2, 0.25) is 0 Å². The van der Waals surface area contributed by atoms with E-state index in [1.807, 2.05) is 0 Å². The van der Waals surface area contributed by atoms with Gasteiger partial charge in [-0.3, -0.25) is 19.4 Å². The van der Waals surface area contributed by atoms with Gasteiger partial charge in [-0.2, -0.15) is 0 Å². The third-order valence-electron chi connectivity index (χ3n) is 4.06. The molecule has 8 heteroatoms. The molecule has 2 aliphatic rings. The summed E-state index contributed by atoms with van der Waals surface area (Å²) in [6.45, 7) is 3.76. The summed E-state index contributed by atoms with van der Waals surface area (Å²) in [5, 5.41) is 0.624. The van der Waals surface area contributed by atoms with Crippen molar-refractivity contribution < 1.29 is 14.3 Å². The van der Waals surface area contributed by atoms with Gasteiger partial charge in [-0.05, 0) is 12.1 Å². The summed E-state index contributed by atoms with van der Waals surface area (Å²) < 4.78 is 5.28. The van der Waals surface area contributed by atoms with E-state index in [0.717, 1.165) is 18.0 Å². The fraction of sp³-hybridized carbons (Fsp3) is 0.375. The van der Waals surface area contributed by atoms with E-state index in [0.29, 0.717) is 30.3 Å². The summed E-state index contributed by atoms with van der Waals surface area (Å²) >= 11 is 18.2. The van der Waals surface area contributed by atoms with E-state index in [-0.39, 0.29) is 22.2 Å². The number of halogens is 3. The lowest BCUT2D eigenvalue weighted by molar-refractivity contribution is -0.136. The molecule has 0 N–H and O–H groups in total. The maximum atomic E-state index is 12.7. The molecule has 1 aromatic carbocycles. The lowest BCUT2D eigenvalue weighted by Crippen LogP contribution is -2.43. The number of imide groups is 1. The van der Waals surface area contributed by atoms with Crippen LogP contribution in [0.3, 0.4) is 0 Å². The molecule has 128 valence electrons. The molecule has 0 bridgehead atoms. The first-order valence-corrected chi connectivity index (χ1v) is 8.64. The summed E-state index contributed by atoms with van der Waals surface area (Å²) in [5.41, 5.74) is 0.545. The van der Waals surface area contributed by atoms with Crippen LogP contribution in [0.25, 0.3) is 5.57 Å². The molecule has 0 spiro atoms. The normalized spacial score (nSPS) is 19.5. The van der Waals surface area contributed by atoms with Crippen LogP contribution in [-0.2, 0) is 14.3 Å². The molecule has 2 aliphatic heterocycles. The zero-order chi connectivity index (χ0) is 17.3. The van der Waals surface area contributed by atoms with Crippen molar-refractivity contribution in [3.63, 3.8) is 0 Å². The first-order valence-electron chi connectivity index (χ1n) is 7.50. The molecule has 1 fully saturated rings. The SMILES string of the molecule is O=C1C(Cl)=C(c2ccc(Cl)cc2Cl)C(=O)N1CCN1CCOCC1. The van der Waals surface area contributed by atoms with E-state index in [1.165, 1.54) is 6.07 Å². The number of nitrogens with zero attached hydrogens (tertiary/aromatic N) is 2. The van der Waals surface area contributed by atoms with Gasteiger partial charge in [-0.25, -0.2) is 0 Å². The Balaban J connectivity index is 1.77. The summed E-state index contributed by atoms with van der Waals surface area (Å²) in [4.78, 5) is 28.3. The molecule has 5 nitrogen and oxygen atoms in total. The highest BCUT2D eigenvalue weighted by molar-refractivity contribution is 6.55. The van der Waals surface area contributed by atoms with Crippen LogP contribution in [-0.4, -0.2) is 61.0 Å². The Bertz CT molecular complexity index is 715. The molecule has 0 aliphatic carbocycles. The minimum Gasteiger partial charge on any atom is -0.379 e. The number of carbonyl (C=O) groups excluding carboxylic acids is 2.